The van der Waals surface area contributed by atoms with Crippen molar-refractivity contribution in [2.75, 3.05) is 26.4 Å². The van der Waals surface area contributed by atoms with Crippen LogP contribution >= 0.6 is 21.0 Å². The molecule has 0 bridgehead atoms. The van der Waals surface area contributed by atoms with Crippen LogP contribution in [0.1, 0.15) is 50.3 Å². The fraction of sp³-hybridized carbons (Fsp3) is 0.619. The van der Waals surface area contributed by atoms with Gasteiger partial charge in [0.2, 0.25) is 15.9 Å². The second-order valence-electron chi connectivity index (χ2n) is 8.42. The van der Waals surface area contributed by atoms with Gasteiger partial charge < -0.3 is 11.1 Å². The summed E-state index contributed by atoms with van der Waals surface area (Å²) in [5.41, 5.74) is 1.74. The molecule has 3 atom stereocenters. The molecule has 186 valence electrons. The Hall–Kier alpha value is -1.13. The largest absolute Gasteiger partial charge is 0.333 e. The highest BCUT2D eigenvalue weighted by molar-refractivity contribution is 8.16. The Morgan fingerprint density at radius 2 is 1.91 bits per heavy atom. The maximum Gasteiger partial charge on any atom is 0.284 e. The smallest absolute Gasteiger partial charge is 0.284 e. The van der Waals surface area contributed by atoms with E-state index < -0.39 is 26.5 Å². The number of amidine groups is 1. The summed E-state index contributed by atoms with van der Waals surface area (Å²) in [7, 11) is -0.134. The molecule has 1 aromatic rings. The first-order valence-corrected chi connectivity index (χ1v) is 13.9. The summed E-state index contributed by atoms with van der Waals surface area (Å²) < 4.78 is 52.0. The van der Waals surface area contributed by atoms with Crippen molar-refractivity contribution in [3.63, 3.8) is 0 Å². The molecule has 3 rings (SSSR count). The highest BCUT2D eigenvalue weighted by atomic mass is 32.2. The van der Waals surface area contributed by atoms with Crippen molar-refractivity contribution < 1.29 is 22.0 Å². The lowest BCUT2D eigenvalue weighted by Gasteiger charge is -2.33. The van der Waals surface area contributed by atoms with Crippen LogP contribution in [0.5, 0.6) is 0 Å². The minimum absolute atomic E-state index is 0.105. The minimum atomic E-state index is -3.19. The number of halogens is 2. The highest BCUT2D eigenvalue weighted by Crippen LogP contribution is 2.42. The molecule has 0 radical (unpaired) electrons. The van der Waals surface area contributed by atoms with Gasteiger partial charge in [-0.25, -0.2) is 12.7 Å². The highest BCUT2D eigenvalue weighted by Gasteiger charge is 2.44. The molecular weight excluding hydrogens is 489 g/mol. The van der Waals surface area contributed by atoms with Crippen molar-refractivity contribution in [1.29, 1.82) is 0 Å². The molecule has 0 spiro atoms. The lowest BCUT2D eigenvalue weighted by molar-refractivity contribution is -0.121. The second-order valence-corrected chi connectivity index (χ2v) is 12.6. The van der Waals surface area contributed by atoms with E-state index in [0.717, 1.165) is 0 Å². The van der Waals surface area contributed by atoms with Crippen LogP contribution in [0.4, 0.5) is 8.78 Å². The zero-order valence-electron chi connectivity index (χ0n) is 19.3. The molecule has 12 heteroatoms. The topological polar surface area (TPSA) is 105 Å². The van der Waals surface area contributed by atoms with Gasteiger partial charge in [0.25, 0.3) is 5.66 Å². The molecular formula is C21H33F2N4O3PS2. The molecule has 2 aliphatic heterocycles. The number of hydrogen-bond donors (Lipinski definition) is 2. The first-order valence-electron chi connectivity index (χ1n) is 10.7. The maximum absolute atomic E-state index is 13.9. The van der Waals surface area contributed by atoms with Gasteiger partial charge in [-0.15, -0.1) is 0 Å². The summed E-state index contributed by atoms with van der Waals surface area (Å²) in [5, 5.41) is 3.23. The summed E-state index contributed by atoms with van der Waals surface area (Å²) >= 11 is 1.32. The number of aliphatic imine (C=N–C) groups is 1. The standard InChI is InChI=1S/C20H28F2N3O3PS2.CH5N/c1-13(15-6-4-5-7-16(15)20(21,22)29)23-18-24-17(26)19(2,30-18)12-14-8-10-25(11-9-14)31(3,27)28;1-2/h4-7,13-14H,8-12,29H2,1-3H3,(H,23,24,26);2H2,1H3. The Morgan fingerprint density at radius 3 is 2.45 bits per heavy atom. The molecule has 2 fully saturated rings. The third kappa shape index (κ3) is 7.18. The molecule has 0 aromatic heterocycles. The quantitative estimate of drug-likeness (QED) is 0.558. The number of carbonyl (C=O) groups is 1. The zero-order valence-corrected chi connectivity index (χ0v) is 22.1. The molecule has 2 saturated heterocycles. The number of nitrogens with one attached hydrogen (secondary N) is 1. The van der Waals surface area contributed by atoms with E-state index in [1.807, 2.05) is 6.92 Å². The van der Waals surface area contributed by atoms with Crippen molar-refractivity contribution in [2.24, 2.45) is 16.6 Å². The number of amides is 1. The minimum Gasteiger partial charge on any atom is -0.333 e. The summed E-state index contributed by atoms with van der Waals surface area (Å²) in [6, 6.07) is 5.71. The fourth-order valence-corrected chi connectivity index (χ4v) is 6.49. The predicted molar refractivity (Wildman–Crippen MR) is 134 cm³/mol. The molecule has 2 aliphatic rings. The Labute approximate surface area is 201 Å². The van der Waals surface area contributed by atoms with Crippen LogP contribution in [0, 0.1) is 5.92 Å². The van der Waals surface area contributed by atoms with E-state index in [-0.39, 0.29) is 17.4 Å². The van der Waals surface area contributed by atoms with E-state index >= 15 is 0 Å². The van der Waals surface area contributed by atoms with Crippen LogP contribution < -0.4 is 11.1 Å². The normalized spacial score (nSPS) is 24.8. The first-order chi connectivity index (χ1) is 15.3. The van der Waals surface area contributed by atoms with Gasteiger partial charge >= 0.3 is 0 Å². The van der Waals surface area contributed by atoms with Crippen molar-refractivity contribution in [1.82, 2.24) is 9.62 Å². The van der Waals surface area contributed by atoms with Crippen molar-refractivity contribution in [3.8, 4) is 0 Å². The Balaban J connectivity index is 0.00000187. The van der Waals surface area contributed by atoms with Gasteiger partial charge in [0, 0.05) is 18.7 Å². The van der Waals surface area contributed by atoms with E-state index in [2.05, 4.69) is 16.0 Å². The van der Waals surface area contributed by atoms with Gasteiger partial charge in [-0.05, 0) is 51.6 Å². The fourth-order valence-electron chi connectivity index (χ4n) is 4.11. The second kappa shape index (κ2) is 11.1. The number of benzene rings is 1. The average Bonchev–Trinajstić information content (AvgIpc) is 3.01. The predicted octanol–water partition coefficient (Wildman–Crippen LogP) is 3.29. The number of carbonyl (C=O) groups excluding carboxylic acids is 1. The molecule has 1 amide bonds. The summed E-state index contributed by atoms with van der Waals surface area (Å²) in [6.45, 7) is 4.51. The Kier molecular flexibility index (Phi) is 9.43. The van der Waals surface area contributed by atoms with Gasteiger partial charge in [0.15, 0.2) is 5.17 Å². The summed E-state index contributed by atoms with van der Waals surface area (Å²) in [4.78, 5) is 17.2. The monoisotopic (exact) mass is 522 g/mol. The number of nitrogens with two attached hydrogens (primary N) is 1. The van der Waals surface area contributed by atoms with E-state index in [9.17, 15) is 22.0 Å². The van der Waals surface area contributed by atoms with Crippen LogP contribution in [0.2, 0.25) is 0 Å². The van der Waals surface area contributed by atoms with Gasteiger partial charge in [0.05, 0.1) is 17.0 Å². The van der Waals surface area contributed by atoms with Gasteiger partial charge in [-0.1, -0.05) is 45.3 Å². The third-order valence-electron chi connectivity index (χ3n) is 5.82. The SMILES string of the molecule is CC(N=C1NC(=O)C(C)(CC2CCN(S(C)(=O)=O)CC2)S1)c1ccccc1C(F)(F)P.CN. The first kappa shape index (κ1) is 28.1. The van der Waals surface area contributed by atoms with Crippen molar-refractivity contribution >= 4 is 42.1 Å². The van der Waals surface area contributed by atoms with Crippen LogP contribution in [0.3, 0.4) is 0 Å². The third-order valence-corrected chi connectivity index (χ3v) is 8.64. The Bertz CT molecular complexity index is 980. The molecule has 1 aromatic carbocycles. The molecule has 0 aliphatic carbocycles. The van der Waals surface area contributed by atoms with E-state index in [1.165, 1.54) is 35.4 Å². The number of piperidine rings is 1. The number of rotatable bonds is 6. The Morgan fingerprint density at radius 1 is 1.33 bits per heavy atom. The lowest BCUT2D eigenvalue weighted by Crippen LogP contribution is -2.41. The van der Waals surface area contributed by atoms with Gasteiger partial charge in [0.1, 0.15) is 0 Å². The number of sulfonamides is 1. The zero-order chi connectivity index (χ0) is 25.0. The van der Waals surface area contributed by atoms with E-state index in [1.54, 1.807) is 34.4 Å². The molecule has 2 heterocycles. The number of alkyl halides is 2. The maximum atomic E-state index is 13.9. The van der Waals surface area contributed by atoms with Gasteiger partial charge in [-0.3, -0.25) is 9.79 Å². The van der Waals surface area contributed by atoms with Crippen molar-refractivity contribution in [2.45, 2.75) is 49.6 Å². The molecule has 33 heavy (non-hydrogen) atoms. The molecule has 7 nitrogen and oxygen atoms in total. The molecule has 3 N–H and O–H groups in total. The van der Waals surface area contributed by atoms with Gasteiger partial charge in [-0.2, -0.15) is 8.78 Å². The van der Waals surface area contributed by atoms with Crippen LogP contribution in [-0.2, 0) is 20.5 Å². The summed E-state index contributed by atoms with van der Waals surface area (Å²) in [5.74, 6) is 0.0770. The molecule has 0 saturated carbocycles. The number of hydrogen-bond acceptors (Lipinski definition) is 6. The van der Waals surface area contributed by atoms with Crippen LogP contribution in [0.25, 0.3) is 0 Å². The van der Waals surface area contributed by atoms with Crippen molar-refractivity contribution in [3.05, 3.63) is 35.4 Å². The van der Waals surface area contributed by atoms with Crippen LogP contribution in [-0.4, -0.2) is 54.9 Å². The lowest BCUT2D eigenvalue weighted by atomic mass is 9.87. The number of thioether (sulfide) groups is 1. The average molecular weight is 523 g/mol. The van der Waals surface area contributed by atoms with E-state index in [4.69, 9.17) is 0 Å². The van der Waals surface area contributed by atoms with E-state index in [0.29, 0.717) is 43.1 Å². The summed E-state index contributed by atoms with van der Waals surface area (Å²) in [6.07, 6.45) is 3.23. The van der Waals surface area contributed by atoms with Crippen LogP contribution in [0.15, 0.2) is 29.3 Å². The number of nitrogens with zero attached hydrogens (tertiary/aromatic N) is 2. The molecule has 3 unspecified atom stereocenters.